The molecule has 0 spiro atoms. The van der Waals surface area contributed by atoms with Crippen LogP contribution >= 0.6 is 23.1 Å². The fourth-order valence-electron chi connectivity index (χ4n) is 3.47. The number of rotatable bonds is 7. The maximum Gasteiger partial charge on any atom is 0.242 e. The van der Waals surface area contributed by atoms with Gasteiger partial charge in [-0.3, -0.25) is 9.36 Å². The van der Waals surface area contributed by atoms with Crippen molar-refractivity contribution >= 4 is 34.7 Å². The van der Waals surface area contributed by atoms with Crippen molar-refractivity contribution in [3.8, 4) is 16.4 Å². The van der Waals surface area contributed by atoms with Crippen molar-refractivity contribution in [2.24, 2.45) is 0 Å². The second-order valence-electron chi connectivity index (χ2n) is 7.36. The highest BCUT2D eigenvalue weighted by Gasteiger charge is 2.27. The summed E-state index contributed by atoms with van der Waals surface area (Å²) in [4.78, 5) is 14.4. The van der Waals surface area contributed by atoms with Gasteiger partial charge in [0.15, 0.2) is 11.0 Å². The molecule has 0 aliphatic heterocycles. The van der Waals surface area contributed by atoms with Gasteiger partial charge in [-0.15, -0.1) is 21.5 Å². The van der Waals surface area contributed by atoms with Crippen LogP contribution in [0, 0.1) is 5.82 Å². The highest BCUT2D eigenvalue weighted by Crippen LogP contribution is 2.38. The Morgan fingerprint density at radius 1 is 0.882 bits per heavy atom. The molecule has 1 atom stereocenters. The molecule has 3 aromatic carbocycles. The van der Waals surface area contributed by atoms with Crippen LogP contribution in [0.4, 0.5) is 10.1 Å². The van der Waals surface area contributed by atoms with Crippen molar-refractivity contribution in [3.63, 3.8) is 0 Å². The van der Waals surface area contributed by atoms with Gasteiger partial charge in [0, 0.05) is 11.4 Å². The molecule has 5 rings (SSSR count). The summed E-state index contributed by atoms with van der Waals surface area (Å²) in [6.07, 6.45) is 0. The number of amides is 1. The quantitative estimate of drug-likeness (QED) is 0.263. The average molecular weight is 487 g/mol. The molecule has 0 aliphatic carbocycles. The van der Waals surface area contributed by atoms with Crippen molar-refractivity contribution in [1.29, 1.82) is 0 Å². The van der Waals surface area contributed by atoms with Gasteiger partial charge >= 0.3 is 0 Å². The van der Waals surface area contributed by atoms with Gasteiger partial charge in [-0.1, -0.05) is 66.4 Å². The largest absolute Gasteiger partial charge is 0.325 e. The lowest BCUT2D eigenvalue weighted by Gasteiger charge is -2.17. The third-order valence-electron chi connectivity index (χ3n) is 5.06. The van der Waals surface area contributed by atoms with E-state index in [1.807, 2.05) is 82.7 Å². The van der Waals surface area contributed by atoms with Crippen LogP contribution in [0.25, 0.3) is 16.4 Å². The molecule has 0 saturated heterocycles. The van der Waals surface area contributed by atoms with E-state index in [-0.39, 0.29) is 11.7 Å². The van der Waals surface area contributed by atoms with Crippen LogP contribution in [-0.2, 0) is 4.79 Å². The molecule has 2 aromatic heterocycles. The fourth-order valence-corrected chi connectivity index (χ4v) is 5.22. The number of para-hydroxylation sites is 1. The molecule has 0 saturated carbocycles. The number of aromatic nitrogens is 3. The van der Waals surface area contributed by atoms with Crippen LogP contribution < -0.4 is 5.32 Å². The topological polar surface area (TPSA) is 59.8 Å². The van der Waals surface area contributed by atoms with Crippen molar-refractivity contribution in [1.82, 2.24) is 14.8 Å². The minimum Gasteiger partial charge on any atom is -0.325 e. The molecule has 168 valence electrons. The number of anilines is 1. The molecule has 0 aliphatic rings. The molecule has 5 nitrogen and oxygen atoms in total. The Morgan fingerprint density at radius 3 is 2.26 bits per heavy atom. The highest BCUT2D eigenvalue weighted by atomic mass is 32.2. The molecule has 1 N–H and O–H groups in total. The molecule has 1 amide bonds. The van der Waals surface area contributed by atoms with Gasteiger partial charge in [0.25, 0.3) is 0 Å². The SMILES string of the molecule is O=C(Nc1ccc(F)cc1)C(Sc1nnc(-c2cccs2)n1-c1ccccc1)c1ccccc1. The molecule has 5 aromatic rings. The van der Waals surface area contributed by atoms with Gasteiger partial charge in [0.1, 0.15) is 11.1 Å². The number of halogens is 1. The highest BCUT2D eigenvalue weighted by molar-refractivity contribution is 8.00. The number of benzene rings is 3. The van der Waals surface area contributed by atoms with E-state index in [9.17, 15) is 9.18 Å². The van der Waals surface area contributed by atoms with E-state index in [1.54, 1.807) is 23.5 Å². The first kappa shape index (κ1) is 22.1. The van der Waals surface area contributed by atoms with Crippen LogP contribution in [0.15, 0.2) is 108 Å². The zero-order valence-corrected chi connectivity index (χ0v) is 19.5. The number of carbonyl (C=O) groups excluding carboxylic acids is 1. The molecule has 0 radical (unpaired) electrons. The van der Waals surface area contributed by atoms with Crippen LogP contribution in [0.1, 0.15) is 10.8 Å². The molecule has 34 heavy (non-hydrogen) atoms. The normalized spacial score (nSPS) is 11.8. The Morgan fingerprint density at radius 2 is 1.59 bits per heavy atom. The monoisotopic (exact) mass is 486 g/mol. The van der Waals surface area contributed by atoms with Gasteiger partial charge < -0.3 is 5.32 Å². The molecule has 0 bridgehead atoms. The first-order valence-electron chi connectivity index (χ1n) is 10.5. The van der Waals surface area contributed by atoms with Crippen LogP contribution in [0.5, 0.6) is 0 Å². The van der Waals surface area contributed by atoms with Crippen molar-refractivity contribution < 1.29 is 9.18 Å². The van der Waals surface area contributed by atoms with E-state index >= 15 is 0 Å². The van der Waals surface area contributed by atoms with Crippen molar-refractivity contribution in [2.45, 2.75) is 10.4 Å². The Hall–Kier alpha value is -3.75. The fraction of sp³-hybridized carbons (Fsp3) is 0.0385. The zero-order chi connectivity index (χ0) is 23.3. The minimum atomic E-state index is -0.603. The number of thiophene rings is 1. The standard InChI is InChI=1S/C26H19FN4OS2/c27-19-13-15-20(16-14-19)28-25(32)23(18-8-3-1-4-9-18)34-26-30-29-24(22-12-7-17-33-22)31(26)21-10-5-2-6-11-21/h1-17,23H,(H,28,32). The van der Waals surface area contributed by atoms with Crippen molar-refractivity contribution in [2.75, 3.05) is 5.32 Å². The summed E-state index contributed by atoms with van der Waals surface area (Å²) < 4.78 is 15.3. The molecular weight excluding hydrogens is 467 g/mol. The Labute approximate surface area is 204 Å². The number of carbonyl (C=O) groups is 1. The molecular formula is C26H19FN4OS2. The van der Waals surface area contributed by atoms with Crippen molar-refractivity contribution in [3.05, 3.63) is 114 Å². The summed E-state index contributed by atoms with van der Waals surface area (Å²) >= 11 is 2.90. The second-order valence-corrected chi connectivity index (χ2v) is 9.38. The molecule has 8 heteroatoms. The van der Waals surface area contributed by atoms with E-state index in [1.165, 1.54) is 23.9 Å². The first-order chi connectivity index (χ1) is 16.7. The number of nitrogens with one attached hydrogen (secondary N) is 1. The average Bonchev–Trinajstić information content (AvgIpc) is 3.55. The predicted octanol–water partition coefficient (Wildman–Crippen LogP) is 6.61. The summed E-state index contributed by atoms with van der Waals surface area (Å²) in [7, 11) is 0. The lowest BCUT2D eigenvalue weighted by Crippen LogP contribution is -2.19. The Kier molecular flexibility index (Phi) is 6.51. The number of nitrogens with zero attached hydrogens (tertiary/aromatic N) is 3. The molecule has 2 heterocycles. The molecule has 1 unspecified atom stereocenters. The summed E-state index contributed by atoms with van der Waals surface area (Å²) in [6, 6.07) is 29.0. The third-order valence-corrected chi connectivity index (χ3v) is 7.13. The summed E-state index contributed by atoms with van der Waals surface area (Å²) in [6.45, 7) is 0. The third kappa shape index (κ3) is 4.78. The Balaban J connectivity index is 1.54. The summed E-state index contributed by atoms with van der Waals surface area (Å²) in [5, 5.41) is 13.8. The van der Waals surface area contributed by atoms with Gasteiger partial charge in [0.2, 0.25) is 5.91 Å². The maximum absolute atomic E-state index is 13.4. The Bertz CT molecular complexity index is 1370. The van der Waals surface area contributed by atoms with E-state index in [2.05, 4.69) is 15.5 Å². The van der Waals surface area contributed by atoms with Crippen LogP contribution in [0.2, 0.25) is 0 Å². The van der Waals surface area contributed by atoms with Gasteiger partial charge in [-0.05, 0) is 53.4 Å². The van der Waals surface area contributed by atoms with Crippen LogP contribution in [0.3, 0.4) is 0 Å². The predicted molar refractivity (Wildman–Crippen MR) is 135 cm³/mol. The number of hydrogen-bond acceptors (Lipinski definition) is 5. The summed E-state index contributed by atoms with van der Waals surface area (Å²) in [5.74, 6) is 0.126. The zero-order valence-electron chi connectivity index (χ0n) is 17.8. The maximum atomic E-state index is 13.4. The van der Waals surface area contributed by atoms with Gasteiger partial charge in [0.05, 0.1) is 4.88 Å². The smallest absolute Gasteiger partial charge is 0.242 e. The second kappa shape index (κ2) is 10.0. The number of thioether (sulfide) groups is 1. The van der Waals surface area contributed by atoms with E-state index < -0.39 is 5.25 Å². The van der Waals surface area contributed by atoms with Gasteiger partial charge in [-0.2, -0.15) is 0 Å². The van der Waals surface area contributed by atoms with E-state index in [0.29, 0.717) is 10.8 Å². The van der Waals surface area contributed by atoms with E-state index in [4.69, 9.17) is 0 Å². The number of hydrogen-bond donors (Lipinski definition) is 1. The minimum absolute atomic E-state index is 0.233. The van der Waals surface area contributed by atoms with Gasteiger partial charge in [-0.25, -0.2) is 4.39 Å². The van der Waals surface area contributed by atoms with Crippen LogP contribution in [-0.4, -0.2) is 20.7 Å². The lowest BCUT2D eigenvalue weighted by atomic mass is 10.1. The van der Waals surface area contributed by atoms with E-state index in [0.717, 1.165) is 22.0 Å². The molecule has 0 fully saturated rings. The summed E-state index contributed by atoms with van der Waals surface area (Å²) in [5.41, 5.74) is 2.26. The first-order valence-corrected chi connectivity index (χ1v) is 12.3. The lowest BCUT2D eigenvalue weighted by molar-refractivity contribution is -0.115.